The highest BCUT2D eigenvalue weighted by molar-refractivity contribution is 6.39. The molecule has 0 radical (unpaired) electrons. The third-order valence-corrected chi connectivity index (χ3v) is 4.94. The molecule has 2 N–H and O–H groups in total. The summed E-state index contributed by atoms with van der Waals surface area (Å²) in [7, 11) is 1.63. The Bertz CT molecular complexity index is 830. The molecule has 1 aliphatic heterocycles. The van der Waals surface area contributed by atoms with Crippen molar-refractivity contribution in [1.82, 2.24) is 4.90 Å². The number of carbonyl (C=O) groups is 1. The van der Waals surface area contributed by atoms with Gasteiger partial charge in [-0.15, -0.1) is 0 Å². The summed E-state index contributed by atoms with van der Waals surface area (Å²) in [6.07, 6.45) is 0.254. The van der Waals surface area contributed by atoms with Crippen LogP contribution < -0.4 is 5.73 Å². The Hall–Kier alpha value is -2.04. The van der Waals surface area contributed by atoms with Gasteiger partial charge in [0.1, 0.15) is 0 Å². The Morgan fingerprint density at radius 1 is 1.17 bits per heavy atom. The zero-order valence-corrected chi connectivity index (χ0v) is 14.9. The second-order valence-electron chi connectivity index (χ2n) is 6.05. The van der Waals surface area contributed by atoms with Gasteiger partial charge in [0.05, 0.1) is 12.0 Å². The quantitative estimate of drug-likeness (QED) is 0.876. The number of rotatable bonds is 2. The summed E-state index contributed by atoms with van der Waals surface area (Å²) in [4.78, 5) is 18.1. The number of aliphatic imine (C=N–C) groups is 1. The fourth-order valence-electron chi connectivity index (χ4n) is 2.86. The molecule has 0 aliphatic carbocycles. The lowest BCUT2D eigenvalue weighted by Gasteiger charge is -2.33. The highest BCUT2D eigenvalue weighted by Gasteiger charge is 2.36. The number of hydrogen-bond acceptors (Lipinski definition) is 3. The van der Waals surface area contributed by atoms with Crippen molar-refractivity contribution in [2.24, 2.45) is 10.7 Å². The van der Waals surface area contributed by atoms with E-state index in [-0.39, 0.29) is 18.3 Å². The van der Waals surface area contributed by atoms with Crippen LogP contribution in [0.25, 0.3) is 11.1 Å². The van der Waals surface area contributed by atoms with Crippen molar-refractivity contribution in [2.45, 2.75) is 18.9 Å². The zero-order chi connectivity index (χ0) is 17.5. The summed E-state index contributed by atoms with van der Waals surface area (Å²) in [6, 6.07) is 13.1. The van der Waals surface area contributed by atoms with E-state index in [2.05, 4.69) is 4.99 Å². The molecule has 1 heterocycles. The minimum absolute atomic E-state index is 0.0637. The van der Waals surface area contributed by atoms with Gasteiger partial charge in [-0.3, -0.25) is 9.69 Å². The number of guanidine groups is 1. The van der Waals surface area contributed by atoms with Gasteiger partial charge < -0.3 is 5.73 Å². The Morgan fingerprint density at radius 3 is 2.42 bits per heavy atom. The predicted molar refractivity (Wildman–Crippen MR) is 98.3 cm³/mol. The van der Waals surface area contributed by atoms with Crippen LogP contribution in [-0.4, -0.2) is 23.8 Å². The standard InChI is InChI=1S/C18H17Cl2N3O/c1-18(10-15(24)23(2)17(21)22-18)12-6-3-5-11(9-12)16-13(19)7-4-8-14(16)20/h3-9H,10H2,1-2H3,(H2,21,22). The number of halogens is 2. The van der Waals surface area contributed by atoms with Crippen LogP contribution >= 0.6 is 23.2 Å². The number of carbonyl (C=O) groups excluding carboxylic acids is 1. The summed E-state index contributed by atoms with van der Waals surface area (Å²) in [5.41, 5.74) is 7.72. The molecule has 1 aliphatic rings. The van der Waals surface area contributed by atoms with Crippen LogP contribution in [0.5, 0.6) is 0 Å². The molecular formula is C18H17Cl2N3O. The van der Waals surface area contributed by atoms with E-state index in [1.165, 1.54) is 4.90 Å². The predicted octanol–water partition coefficient (Wildman–Crippen LogP) is 4.05. The molecular weight excluding hydrogens is 345 g/mol. The Morgan fingerprint density at radius 2 is 1.79 bits per heavy atom. The number of benzene rings is 2. The Kier molecular flexibility index (Phi) is 4.28. The topological polar surface area (TPSA) is 58.7 Å². The molecule has 0 saturated carbocycles. The lowest BCUT2D eigenvalue weighted by molar-refractivity contribution is -0.128. The average molecular weight is 362 g/mol. The lowest BCUT2D eigenvalue weighted by Crippen LogP contribution is -2.47. The van der Waals surface area contributed by atoms with E-state index in [1.807, 2.05) is 31.2 Å². The van der Waals surface area contributed by atoms with E-state index < -0.39 is 5.54 Å². The van der Waals surface area contributed by atoms with E-state index >= 15 is 0 Å². The van der Waals surface area contributed by atoms with Crippen LogP contribution in [-0.2, 0) is 10.3 Å². The van der Waals surface area contributed by atoms with Crippen molar-refractivity contribution in [2.75, 3.05) is 7.05 Å². The molecule has 2 aromatic rings. The summed E-state index contributed by atoms with van der Waals surface area (Å²) >= 11 is 12.6. The van der Waals surface area contributed by atoms with Crippen LogP contribution in [0.1, 0.15) is 18.9 Å². The molecule has 0 aromatic heterocycles. The van der Waals surface area contributed by atoms with Gasteiger partial charge in [0.2, 0.25) is 5.91 Å². The first-order chi connectivity index (χ1) is 11.3. The minimum atomic E-state index is -0.711. The maximum atomic E-state index is 12.2. The van der Waals surface area contributed by atoms with Crippen LogP contribution in [0.15, 0.2) is 47.5 Å². The molecule has 1 unspecified atom stereocenters. The molecule has 1 amide bonds. The molecule has 6 heteroatoms. The minimum Gasteiger partial charge on any atom is -0.369 e. The maximum absolute atomic E-state index is 12.2. The second kappa shape index (κ2) is 6.11. The van der Waals surface area contributed by atoms with Crippen molar-refractivity contribution in [3.05, 3.63) is 58.1 Å². The molecule has 124 valence electrons. The molecule has 1 atom stereocenters. The first-order valence-corrected chi connectivity index (χ1v) is 8.24. The fraction of sp³-hybridized carbons (Fsp3) is 0.222. The van der Waals surface area contributed by atoms with Gasteiger partial charge in [-0.25, -0.2) is 4.99 Å². The summed E-state index contributed by atoms with van der Waals surface area (Å²) in [5.74, 6) is 0.154. The van der Waals surface area contributed by atoms with Gasteiger partial charge in [-0.2, -0.15) is 0 Å². The smallest absolute Gasteiger partial charge is 0.231 e. The second-order valence-corrected chi connectivity index (χ2v) is 6.87. The Balaban J connectivity index is 2.11. The number of amides is 1. The molecule has 0 spiro atoms. The first-order valence-electron chi connectivity index (χ1n) is 7.48. The van der Waals surface area contributed by atoms with Gasteiger partial charge >= 0.3 is 0 Å². The van der Waals surface area contributed by atoms with Gasteiger partial charge in [0.25, 0.3) is 0 Å². The monoisotopic (exact) mass is 361 g/mol. The van der Waals surface area contributed by atoms with Gasteiger partial charge in [0.15, 0.2) is 5.96 Å². The van der Waals surface area contributed by atoms with Crippen LogP contribution in [0, 0.1) is 0 Å². The molecule has 0 bridgehead atoms. The molecule has 24 heavy (non-hydrogen) atoms. The summed E-state index contributed by atoms with van der Waals surface area (Å²) in [6.45, 7) is 1.90. The van der Waals surface area contributed by atoms with Crippen LogP contribution in [0.4, 0.5) is 0 Å². The first kappa shape index (κ1) is 16.8. The van der Waals surface area contributed by atoms with Crippen LogP contribution in [0.2, 0.25) is 10.0 Å². The van der Waals surface area contributed by atoms with Crippen molar-refractivity contribution < 1.29 is 4.79 Å². The van der Waals surface area contributed by atoms with E-state index in [4.69, 9.17) is 28.9 Å². The SMILES string of the molecule is CN1C(=O)CC(C)(c2cccc(-c3c(Cl)cccc3Cl)c2)N=C1N. The van der Waals surface area contributed by atoms with E-state index in [9.17, 15) is 4.79 Å². The zero-order valence-electron chi connectivity index (χ0n) is 13.4. The Labute approximate surface area is 150 Å². The van der Waals surface area contributed by atoms with Gasteiger partial charge in [-0.05, 0) is 36.2 Å². The largest absolute Gasteiger partial charge is 0.369 e. The summed E-state index contributed by atoms with van der Waals surface area (Å²) < 4.78 is 0. The third-order valence-electron chi connectivity index (χ3n) is 4.31. The maximum Gasteiger partial charge on any atom is 0.231 e. The third kappa shape index (κ3) is 2.87. The van der Waals surface area contributed by atoms with Crippen molar-refractivity contribution >= 4 is 35.1 Å². The fourth-order valence-corrected chi connectivity index (χ4v) is 3.47. The van der Waals surface area contributed by atoms with Crippen LogP contribution in [0.3, 0.4) is 0 Å². The normalized spacial score (nSPS) is 20.9. The number of nitrogens with two attached hydrogens (primary N) is 1. The molecule has 0 saturated heterocycles. The van der Waals surface area contributed by atoms with E-state index in [1.54, 1.807) is 25.2 Å². The van der Waals surface area contributed by atoms with E-state index in [0.29, 0.717) is 10.0 Å². The molecule has 3 rings (SSSR count). The number of nitrogens with zero attached hydrogens (tertiary/aromatic N) is 2. The van der Waals surface area contributed by atoms with Crippen molar-refractivity contribution in [3.8, 4) is 11.1 Å². The van der Waals surface area contributed by atoms with Crippen molar-refractivity contribution in [1.29, 1.82) is 0 Å². The molecule has 2 aromatic carbocycles. The van der Waals surface area contributed by atoms with Crippen molar-refractivity contribution in [3.63, 3.8) is 0 Å². The highest BCUT2D eigenvalue weighted by Crippen LogP contribution is 2.38. The van der Waals surface area contributed by atoms with Gasteiger partial charge in [0, 0.05) is 22.7 Å². The number of hydrogen-bond donors (Lipinski definition) is 1. The molecule has 0 fully saturated rings. The van der Waals surface area contributed by atoms with Gasteiger partial charge in [-0.1, -0.05) is 47.5 Å². The summed E-state index contributed by atoms with van der Waals surface area (Å²) in [5, 5.41) is 1.15. The average Bonchev–Trinajstić information content (AvgIpc) is 2.53. The highest BCUT2D eigenvalue weighted by atomic mass is 35.5. The lowest BCUT2D eigenvalue weighted by atomic mass is 9.86. The van der Waals surface area contributed by atoms with E-state index in [0.717, 1.165) is 16.7 Å². The molecule has 4 nitrogen and oxygen atoms in total.